The van der Waals surface area contributed by atoms with E-state index in [0.717, 1.165) is 5.56 Å². The molecule has 7 heteroatoms. The number of imidazole rings is 1. The zero-order valence-electron chi connectivity index (χ0n) is 13.9. The van der Waals surface area contributed by atoms with Gasteiger partial charge in [-0.2, -0.15) is 5.10 Å². The maximum Gasteiger partial charge on any atom is 0.244 e. The van der Waals surface area contributed by atoms with Gasteiger partial charge in [0.1, 0.15) is 17.7 Å². The van der Waals surface area contributed by atoms with Gasteiger partial charge in [0.05, 0.1) is 6.20 Å². The number of benzene rings is 1. The third kappa shape index (κ3) is 3.82. The fourth-order valence-corrected chi connectivity index (χ4v) is 2.53. The molecule has 1 aromatic carbocycles. The second-order valence-electron chi connectivity index (χ2n) is 5.64. The fourth-order valence-electron chi connectivity index (χ4n) is 2.53. The highest BCUT2D eigenvalue weighted by atomic mass is 19.1. The van der Waals surface area contributed by atoms with E-state index in [9.17, 15) is 9.18 Å². The number of halogens is 1. The Hall–Kier alpha value is -3.22. The van der Waals surface area contributed by atoms with E-state index >= 15 is 0 Å². The zero-order chi connectivity index (χ0) is 17.8. The summed E-state index contributed by atoms with van der Waals surface area (Å²) in [6.45, 7) is 0. The van der Waals surface area contributed by atoms with E-state index in [2.05, 4.69) is 15.4 Å². The molecule has 1 atom stereocenters. The summed E-state index contributed by atoms with van der Waals surface area (Å²) in [6.07, 6.45) is 9.85. The highest BCUT2D eigenvalue weighted by molar-refractivity contribution is 5.92. The molecule has 0 radical (unpaired) electrons. The number of nitrogens with one attached hydrogen (secondary N) is 1. The molecule has 0 aliphatic heterocycles. The van der Waals surface area contributed by atoms with Crippen molar-refractivity contribution in [1.82, 2.24) is 24.6 Å². The van der Waals surface area contributed by atoms with E-state index < -0.39 is 11.9 Å². The summed E-state index contributed by atoms with van der Waals surface area (Å²) in [5.41, 5.74) is 1.16. The number of aromatic nitrogens is 4. The van der Waals surface area contributed by atoms with Crippen LogP contribution in [0, 0.1) is 5.82 Å². The molecule has 1 N–H and O–H groups in total. The van der Waals surface area contributed by atoms with Gasteiger partial charge in [0.25, 0.3) is 0 Å². The van der Waals surface area contributed by atoms with Crippen LogP contribution in [0.5, 0.6) is 0 Å². The van der Waals surface area contributed by atoms with Gasteiger partial charge in [-0.3, -0.25) is 9.48 Å². The van der Waals surface area contributed by atoms with Gasteiger partial charge in [0.15, 0.2) is 0 Å². The topological polar surface area (TPSA) is 64.7 Å². The van der Waals surface area contributed by atoms with Crippen molar-refractivity contribution in [3.8, 4) is 0 Å². The maximum atomic E-state index is 14.2. The molecular formula is C18H18FN5O. The van der Waals surface area contributed by atoms with E-state index in [-0.39, 0.29) is 5.91 Å². The second kappa shape index (κ2) is 7.12. The largest absolute Gasteiger partial charge is 0.338 e. The van der Waals surface area contributed by atoms with Crippen LogP contribution in [-0.2, 0) is 18.9 Å². The van der Waals surface area contributed by atoms with E-state index in [0.29, 0.717) is 11.4 Å². The molecule has 0 saturated carbocycles. The van der Waals surface area contributed by atoms with Gasteiger partial charge in [-0.1, -0.05) is 18.2 Å². The van der Waals surface area contributed by atoms with Crippen LogP contribution in [0.1, 0.15) is 23.0 Å². The normalized spacial score (nSPS) is 12.4. The van der Waals surface area contributed by atoms with Crippen LogP contribution in [0.15, 0.2) is 55.1 Å². The van der Waals surface area contributed by atoms with E-state index in [1.165, 1.54) is 12.1 Å². The standard InChI is InChI=1S/C18H18FN5O/c1-23-10-9-20-18(23)17(14-5-3-4-6-15(14)19)22-16(25)8-7-13-11-21-24(2)12-13/h3-12,17H,1-2H3,(H,22,25)/b8-7+. The maximum absolute atomic E-state index is 14.2. The summed E-state index contributed by atoms with van der Waals surface area (Å²) in [5.74, 6) is -0.194. The van der Waals surface area contributed by atoms with Gasteiger partial charge < -0.3 is 9.88 Å². The van der Waals surface area contributed by atoms with Crippen LogP contribution in [-0.4, -0.2) is 25.2 Å². The van der Waals surface area contributed by atoms with Gasteiger partial charge in [-0.25, -0.2) is 9.37 Å². The first kappa shape index (κ1) is 16.6. The molecule has 0 bridgehead atoms. The van der Waals surface area contributed by atoms with Crippen LogP contribution in [0.2, 0.25) is 0 Å². The molecule has 2 aromatic heterocycles. The van der Waals surface area contributed by atoms with Crippen molar-refractivity contribution in [2.45, 2.75) is 6.04 Å². The summed E-state index contributed by atoms with van der Waals surface area (Å²) in [4.78, 5) is 16.6. The number of amides is 1. The smallest absolute Gasteiger partial charge is 0.244 e. The summed E-state index contributed by atoms with van der Waals surface area (Å²) in [6, 6.07) is 5.65. The summed E-state index contributed by atoms with van der Waals surface area (Å²) in [5, 5.41) is 6.86. The molecule has 2 heterocycles. The molecule has 25 heavy (non-hydrogen) atoms. The quantitative estimate of drug-likeness (QED) is 0.725. The van der Waals surface area contributed by atoms with Crippen molar-refractivity contribution in [3.63, 3.8) is 0 Å². The lowest BCUT2D eigenvalue weighted by Crippen LogP contribution is -2.30. The average Bonchev–Trinajstić information content (AvgIpc) is 3.20. The van der Waals surface area contributed by atoms with Gasteiger partial charge >= 0.3 is 0 Å². The van der Waals surface area contributed by atoms with Gasteiger partial charge in [-0.05, 0) is 12.1 Å². The minimum Gasteiger partial charge on any atom is -0.338 e. The number of hydrogen-bond acceptors (Lipinski definition) is 3. The van der Waals surface area contributed by atoms with Crippen molar-refractivity contribution in [1.29, 1.82) is 0 Å². The number of aryl methyl sites for hydroxylation is 2. The highest BCUT2D eigenvalue weighted by Crippen LogP contribution is 2.23. The Kier molecular flexibility index (Phi) is 4.74. The first-order chi connectivity index (χ1) is 12.0. The molecule has 3 aromatic rings. The van der Waals surface area contributed by atoms with Gasteiger partial charge in [0.2, 0.25) is 5.91 Å². The molecule has 1 unspecified atom stereocenters. The monoisotopic (exact) mass is 339 g/mol. The Morgan fingerprint density at radius 2 is 2.12 bits per heavy atom. The Labute approximate surface area is 144 Å². The van der Waals surface area contributed by atoms with Crippen LogP contribution < -0.4 is 5.32 Å². The van der Waals surface area contributed by atoms with Crippen molar-refractivity contribution in [2.24, 2.45) is 14.1 Å². The van der Waals surface area contributed by atoms with Gasteiger partial charge in [-0.15, -0.1) is 0 Å². The third-order valence-corrected chi connectivity index (χ3v) is 3.77. The zero-order valence-corrected chi connectivity index (χ0v) is 13.9. The molecule has 0 saturated heterocycles. The number of nitrogens with zero attached hydrogens (tertiary/aromatic N) is 4. The van der Waals surface area contributed by atoms with Crippen molar-refractivity contribution in [2.75, 3.05) is 0 Å². The minimum absolute atomic E-state index is 0.347. The number of carbonyl (C=O) groups is 1. The molecule has 0 aliphatic rings. The molecule has 1 amide bonds. The van der Waals surface area contributed by atoms with Crippen LogP contribution in [0.4, 0.5) is 4.39 Å². The second-order valence-corrected chi connectivity index (χ2v) is 5.64. The molecular weight excluding hydrogens is 321 g/mol. The Bertz CT molecular complexity index is 912. The van der Waals surface area contributed by atoms with E-state index in [1.807, 2.05) is 0 Å². The predicted molar refractivity (Wildman–Crippen MR) is 91.8 cm³/mol. The molecule has 0 fully saturated rings. The fraction of sp³-hybridized carbons (Fsp3) is 0.167. The number of hydrogen-bond donors (Lipinski definition) is 1. The van der Waals surface area contributed by atoms with E-state index in [1.54, 1.807) is 72.4 Å². The lowest BCUT2D eigenvalue weighted by Gasteiger charge is -2.18. The predicted octanol–water partition coefficient (Wildman–Crippen LogP) is 2.21. The SMILES string of the molecule is Cn1cc(/C=C/C(=O)NC(c2ccccc2F)c2nccn2C)cn1. The Morgan fingerprint density at radius 3 is 2.76 bits per heavy atom. The first-order valence-corrected chi connectivity index (χ1v) is 7.73. The summed E-state index contributed by atoms with van der Waals surface area (Å²) >= 11 is 0. The number of carbonyl (C=O) groups excluding carboxylic acids is 1. The molecule has 6 nitrogen and oxygen atoms in total. The Morgan fingerprint density at radius 1 is 1.32 bits per heavy atom. The number of rotatable bonds is 5. The van der Waals surface area contributed by atoms with Crippen molar-refractivity contribution in [3.05, 3.63) is 77.9 Å². The molecule has 0 spiro atoms. The molecule has 0 aliphatic carbocycles. The van der Waals surface area contributed by atoms with Crippen molar-refractivity contribution >= 4 is 12.0 Å². The molecule has 128 valence electrons. The first-order valence-electron chi connectivity index (χ1n) is 7.73. The van der Waals surface area contributed by atoms with Crippen LogP contribution in [0.3, 0.4) is 0 Å². The van der Waals surface area contributed by atoms with E-state index in [4.69, 9.17) is 0 Å². The summed E-state index contributed by atoms with van der Waals surface area (Å²) < 4.78 is 17.6. The highest BCUT2D eigenvalue weighted by Gasteiger charge is 2.22. The average molecular weight is 339 g/mol. The van der Waals surface area contributed by atoms with Crippen LogP contribution >= 0.6 is 0 Å². The molecule has 3 rings (SSSR count). The van der Waals surface area contributed by atoms with Crippen molar-refractivity contribution < 1.29 is 9.18 Å². The van der Waals surface area contributed by atoms with Gasteiger partial charge in [0, 0.05) is 49.9 Å². The third-order valence-electron chi connectivity index (χ3n) is 3.77. The Balaban J connectivity index is 1.85. The summed E-state index contributed by atoms with van der Waals surface area (Å²) in [7, 11) is 3.60. The van der Waals surface area contributed by atoms with Crippen LogP contribution in [0.25, 0.3) is 6.08 Å². The lowest BCUT2D eigenvalue weighted by molar-refractivity contribution is -0.117. The minimum atomic E-state index is -0.688. The lowest BCUT2D eigenvalue weighted by atomic mass is 10.1.